The lowest BCUT2D eigenvalue weighted by molar-refractivity contribution is -0.132. The zero-order chi connectivity index (χ0) is 29.4. The minimum atomic E-state index is -1.17. The summed E-state index contributed by atoms with van der Waals surface area (Å²) in [6, 6.07) is 12.6. The summed E-state index contributed by atoms with van der Waals surface area (Å²) in [7, 11) is 5.78. The fourth-order valence-corrected chi connectivity index (χ4v) is 4.80. The van der Waals surface area contributed by atoms with E-state index in [0.29, 0.717) is 17.1 Å². The Labute approximate surface area is 232 Å². The first kappa shape index (κ1) is 28.5. The van der Waals surface area contributed by atoms with Gasteiger partial charge in [-0.1, -0.05) is 32.9 Å². The molecule has 1 N–H and O–H groups in total. The van der Waals surface area contributed by atoms with Crippen LogP contribution in [0.4, 0.5) is 10.1 Å². The highest BCUT2D eigenvalue weighted by Crippen LogP contribution is 2.48. The van der Waals surface area contributed by atoms with Gasteiger partial charge in [-0.3, -0.25) is 14.5 Å². The van der Waals surface area contributed by atoms with E-state index >= 15 is 0 Å². The van der Waals surface area contributed by atoms with Crippen LogP contribution in [0, 0.1) is 5.82 Å². The summed E-state index contributed by atoms with van der Waals surface area (Å²) >= 11 is 0. The normalized spacial score (nSPS) is 16.7. The third-order valence-corrected chi connectivity index (χ3v) is 6.85. The molecule has 1 atom stereocenters. The number of benzene rings is 3. The summed E-state index contributed by atoms with van der Waals surface area (Å²) < 4.78 is 36.3. The third kappa shape index (κ3) is 4.95. The van der Waals surface area contributed by atoms with Crippen LogP contribution in [0.1, 0.15) is 43.5 Å². The van der Waals surface area contributed by atoms with Crippen LogP contribution in [0.3, 0.4) is 0 Å². The quantitative estimate of drug-likeness (QED) is 0.227. The lowest BCUT2D eigenvalue weighted by atomic mass is 9.85. The van der Waals surface area contributed by atoms with Gasteiger partial charge in [0, 0.05) is 5.69 Å². The molecule has 0 radical (unpaired) electrons. The number of anilines is 1. The molecule has 8 nitrogen and oxygen atoms in total. The standard InChI is InChI=1S/C31H32FNO7/c1-31(2,3)18-11-12-22(37-4)21(15-18)27(34)25-26(17-13-23(38-5)29(40-7)24(14-17)39-6)33(30(36)28(25)35)20-10-8-9-19(32)16-20/h8-16,26,34H,1-7H3/b27-25+. The van der Waals surface area contributed by atoms with Gasteiger partial charge in [-0.05, 0) is 59.0 Å². The van der Waals surface area contributed by atoms with E-state index in [-0.39, 0.29) is 33.7 Å². The topological polar surface area (TPSA) is 94.5 Å². The molecule has 1 amide bonds. The average molecular weight is 550 g/mol. The van der Waals surface area contributed by atoms with Crippen LogP contribution >= 0.6 is 0 Å². The Hall–Kier alpha value is -4.53. The number of hydrogen-bond donors (Lipinski definition) is 1. The van der Waals surface area contributed by atoms with Gasteiger partial charge in [-0.15, -0.1) is 0 Å². The van der Waals surface area contributed by atoms with Gasteiger partial charge in [-0.25, -0.2) is 4.39 Å². The first-order valence-corrected chi connectivity index (χ1v) is 12.5. The van der Waals surface area contributed by atoms with Crippen molar-refractivity contribution >= 4 is 23.1 Å². The SMILES string of the molecule is COc1ccc(C(C)(C)C)cc1/C(O)=C1\C(=O)C(=O)N(c2cccc(F)c2)C1c1cc(OC)c(OC)c(OC)c1. The Morgan fingerprint density at radius 1 is 0.850 bits per heavy atom. The fourth-order valence-electron chi connectivity index (χ4n) is 4.80. The minimum Gasteiger partial charge on any atom is -0.507 e. The van der Waals surface area contributed by atoms with Gasteiger partial charge in [0.05, 0.1) is 45.6 Å². The monoisotopic (exact) mass is 549 g/mol. The molecule has 0 spiro atoms. The summed E-state index contributed by atoms with van der Waals surface area (Å²) in [4.78, 5) is 28.4. The van der Waals surface area contributed by atoms with Gasteiger partial charge >= 0.3 is 0 Å². The van der Waals surface area contributed by atoms with Crippen LogP contribution in [0.25, 0.3) is 5.76 Å². The molecule has 1 aliphatic heterocycles. The lowest BCUT2D eigenvalue weighted by Crippen LogP contribution is -2.29. The number of rotatable bonds is 7. The number of hydrogen-bond acceptors (Lipinski definition) is 7. The highest BCUT2D eigenvalue weighted by molar-refractivity contribution is 6.51. The number of aliphatic hydroxyl groups excluding tert-OH is 1. The number of halogens is 1. The summed E-state index contributed by atoms with van der Waals surface area (Å²) in [5.41, 5.74) is 1.13. The number of amides is 1. The van der Waals surface area contributed by atoms with E-state index in [0.717, 1.165) is 16.5 Å². The van der Waals surface area contributed by atoms with E-state index in [1.54, 1.807) is 24.3 Å². The molecule has 3 aromatic rings. The summed E-state index contributed by atoms with van der Waals surface area (Å²) in [5, 5.41) is 11.8. The molecule has 1 unspecified atom stereocenters. The molecule has 4 rings (SSSR count). The zero-order valence-corrected chi connectivity index (χ0v) is 23.5. The number of carbonyl (C=O) groups is 2. The Bertz CT molecular complexity index is 1480. The molecule has 9 heteroatoms. The predicted octanol–water partition coefficient (Wildman–Crippen LogP) is 5.78. The van der Waals surface area contributed by atoms with E-state index in [4.69, 9.17) is 18.9 Å². The molecule has 1 heterocycles. The smallest absolute Gasteiger partial charge is 0.300 e. The Balaban J connectivity index is 2.07. The maximum absolute atomic E-state index is 14.3. The highest BCUT2D eigenvalue weighted by Gasteiger charge is 2.48. The van der Waals surface area contributed by atoms with E-state index < -0.39 is 29.3 Å². The molecule has 1 aliphatic rings. The number of aliphatic hydroxyl groups is 1. The third-order valence-electron chi connectivity index (χ3n) is 6.85. The number of Topliss-reactive ketones (excluding diaryl/α,β-unsaturated/α-hetero) is 1. The lowest BCUT2D eigenvalue weighted by Gasteiger charge is -2.27. The van der Waals surface area contributed by atoms with Gasteiger partial charge in [0.2, 0.25) is 5.75 Å². The molecule has 3 aromatic carbocycles. The largest absolute Gasteiger partial charge is 0.507 e. The van der Waals surface area contributed by atoms with Gasteiger partial charge in [0.1, 0.15) is 17.3 Å². The minimum absolute atomic E-state index is 0.135. The zero-order valence-electron chi connectivity index (χ0n) is 23.5. The van der Waals surface area contributed by atoms with Crippen molar-refractivity contribution in [1.82, 2.24) is 0 Å². The first-order valence-electron chi connectivity index (χ1n) is 12.5. The van der Waals surface area contributed by atoms with Gasteiger partial charge in [-0.2, -0.15) is 0 Å². The van der Waals surface area contributed by atoms with Crippen molar-refractivity contribution < 1.29 is 38.0 Å². The maximum Gasteiger partial charge on any atom is 0.300 e. The summed E-state index contributed by atoms with van der Waals surface area (Å²) in [5.74, 6) is -1.74. The molecular formula is C31H32FNO7. The van der Waals surface area contributed by atoms with Crippen LogP contribution in [0.15, 0.2) is 60.2 Å². The molecule has 0 bridgehead atoms. The Morgan fingerprint density at radius 3 is 2.00 bits per heavy atom. The average Bonchev–Trinajstić information content (AvgIpc) is 3.20. The molecular weight excluding hydrogens is 517 g/mol. The maximum atomic E-state index is 14.3. The summed E-state index contributed by atoms with van der Waals surface area (Å²) in [6.45, 7) is 6.03. The van der Waals surface area contributed by atoms with Crippen LogP contribution in [0.5, 0.6) is 23.0 Å². The van der Waals surface area contributed by atoms with E-state index in [1.165, 1.54) is 46.6 Å². The van der Waals surface area contributed by atoms with Crippen molar-refractivity contribution in [3.05, 3.63) is 82.7 Å². The van der Waals surface area contributed by atoms with Crippen LogP contribution in [-0.4, -0.2) is 45.2 Å². The number of nitrogens with zero attached hydrogens (tertiary/aromatic N) is 1. The van der Waals surface area contributed by atoms with Crippen molar-refractivity contribution in [2.24, 2.45) is 0 Å². The van der Waals surface area contributed by atoms with Crippen molar-refractivity contribution in [3.8, 4) is 23.0 Å². The van der Waals surface area contributed by atoms with Crippen molar-refractivity contribution in [2.75, 3.05) is 33.3 Å². The molecule has 1 saturated heterocycles. The van der Waals surface area contributed by atoms with Gasteiger partial charge in [0.15, 0.2) is 11.5 Å². The van der Waals surface area contributed by atoms with Crippen molar-refractivity contribution in [2.45, 2.75) is 32.2 Å². The van der Waals surface area contributed by atoms with E-state index in [9.17, 15) is 19.1 Å². The molecule has 0 saturated carbocycles. The second-order valence-electron chi connectivity index (χ2n) is 10.3. The Kier molecular flexibility index (Phi) is 7.77. The fraction of sp³-hybridized carbons (Fsp3) is 0.290. The number of ketones is 1. The Morgan fingerprint density at radius 2 is 1.48 bits per heavy atom. The van der Waals surface area contributed by atoms with E-state index in [1.807, 2.05) is 26.8 Å². The van der Waals surface area contributed by atoms with Crippen LogP contribution in [-0.2, 0) is 15.0 Å². The predicted molar refractivity (Wildman–Crippen MR) is 149 cm³/mol. The number of carbonyl (C=O) groups excluding carboxylic acids is 2. The van der Waals surface area contributed by atoms with Crippen LogP contribution in [0.2, 0.25) is 0 Å². The molecule has 40 heavy (non-hydrogen) atoms. The van der Waals surface area contributed by atoms with Gasteiger partial charge < -0.3 is 24.1 Å². The molecule has 0 aliphatic carbocycles. The van der Waals surface area contributed by atoms with Crippen LogP contribution < -0.4 is 23.8 Å². The number of ether oxygens (including phenoxy) is 4. The van der Waals surface area contributed by atoms with Gasteiger partial charge in [0.25, 0.3) is 11.7 Å². The molecule has 1 fully saturated rings. The van der Waals surface area contributed by atoms with Crippen molar-refractivity contribution in [3.63, 3.8) is 0 Å². The van der Waals surface area contributed by atoms with E-state index in [2.05, 4.69) is 0 Å². The molecule has 210 valence electrons. The number of methoxy groups -OCH3 is 4. The second-order valence-corrected chi connectivity index (χ2v) is 10.3. The molecule has 0 aromatic heterocycles. The second kappa shape index (κ2) is 10.9. The van der Waals surface area contributed by atoms with Crippen molar-refractivity contribution in [1.29, 1.82) is 0 Å². The summed E-state index contributed by atoms with van der Waals surface area (Å²) in [6.07, 6.45) is 0. The highest BCUT2D eigenvalue weighted by atomic mass is 19.1. The first-order chi connectivity index (χ1) is 19.0.